The fraction of sp³-hybridized carbons (Fsp3) is 0.700. The zero-order valence-corrected chi connectivity index (χ0v) is 8.05. The maximum atomic E-state index is 11.2. The van der Waals surface area contributed by atoms with Crippen molar-refractivity contribution in [1.82, 2.24) is 0 Å². The van der Waals surface area contributed by atoms with Crippen molar-refractivity contribution in [2.75, 3.05) is 0 Å². The Hall–Kier alpha value is -0.870. The van der Waals surface area contributed by atoms with Gasteiger partial charge in [0, 0.05) is 6.42 Å². The van der Waals surface area contributed by atoms with E-state index in [0.29, 0.717) is 6.42 Å². The summed E-state index contributed by atoms with van der Waals surface area (Å²) in [6.07, 6.45) is 3.42. The second kappa shape index (κ2) is 3.71. The summed E-state index contributed by atoms with van der Waals surface area (Å²) in [5.74, 6) is -0.263. The van der Waals surface area contributed by atoms with Gasteiger partial charge in [-0.15, -0.1) is 0 Å². The van der Waals surface area contributed by atoms with Crippen molar-refractivity contribution >= 4 is 5.97 Å². The van der Waals surface area contributed by atoms with Crippen molar-refractivity contribution < 1.29 is 19.4 Å². The van der Waals surface area contributed by atoms with Crippen molar-refractivity contribution in [3.8, 4) is 0 Å². The van der Waals surface area contributed by atoms with Crippen LogP contribution in [0.5, 0.6) is 0 Å². The number of ether oxygens (including phenoxy) is 2. The van der Waals surface area contributed by atoms with Crippen LogP contribution in [0.3, 0.4) is 0 Å². The van der Waals surface area contributed by atoms with Crippen molar-refractivity contribution in [1.29, 1.82) is 0 Å². The number of hydrogen-bond donors (Lipinski definition) is 1. The molecular formula is C10H14O4. The summed E-state index contributed by atoms with van der Waals surface area (Å²) in [5, 5.41) is 9.40. The van der Waals surface area contributed by atoms with Crippen molar-refractivity contribution in [2.24, 2.45) is 0 Å². The highest BCUT2D eigenvalue weighted by Gasteiger charge is 2.43. The predicted molar refractivity (Wildman–Crippen MR) is 48.6 cm³/mol. The van der Waals surface area contributed by atoms with E-state index in [9.17, 15) is 9.90 Å². The Morgan fingerprint density at radius 2 is 2.29 bits per heavy atom. The molecule has 0 radical (unpaired) electrons. The monoisotopic (exact) mass is 198 g/mol. The second-order valence-electron chi connectivity index (χ2n) is 3.75. The highest BCUT2D eigenvalue weighted by Crippen LogP contribution is 2.29. The highest BCUT2D eigenvalue weighted by atomic mass is 16.6. The Balaban J connectivity index is 2.03. The van der Waals surface area contributed by atoms with E-state index in [1.165, 1.54) is 0 Å². The molecule has 0 aliphatic carbocycles. The Kier molecular flexibility index (Phi) is 2.56. The first-order valence-corrected chi connectivity index (χ1v) is 4.88. The molecule has 1 fully saturated rings. The van der Waals surface area contributed by atoms with Gasteiger partial charge in [0.15, 0.2) is 0 Å². The highest BCUT2D eigenvalue weighted by molar-refractivity contribution is 5.69. The fourth-order valence-electron chi connectivity index (χ4n) is 1.60. The first-order valence-electron chi connectivity index (χ1n) is 4.88. The van der Waals surface area contributed by atoms with Gasteiger partial charge in [-0.3, -0.25) is 4.79 Å². The normalized spacial score (nSPS) is 44.9. The third kappa shape index (κ3) is 2.13. The SMILES string of the molecule is C[C@H]1OC(=O)CC[C@H](O)/C=C/[C@H]2O[C@@H]12. The number of hydrogen-bond acceptors (Lipinski definition) is 4. The maximum Gasteiger partial charge on any atom is 0.306 e. The average molecular weight is 198 g/mol. The van der Waals surface area contributed by atoms with Gasteiger partial charge in [0.1, 0.15) is 18.3 Å². The molecule has 1 saturated heterocycles. The molecule has 0 bridgehead atoms. The van der Waals surface area contributed by atoms with Crippen LogP contribution in [-0.2, 0) is 14.3 Å². The fourth-order valence-corrected chi connectivity index (χ4v) is 1.60. The number of fused-ring (bicyclic) bond motifs is 1. The molecule has 0 spiro atoms. The minimum Gasteiger partial charge on any atom is -0.460 e. The van der Waals surface area contributed by atoms with Gasteiger partial charge < -0.3 is 14.6 Å². The minimum absolute atomic E-state index is 0.00514. The van der Waals surface area contributed by atoms with E-state index in [-0.39, 0.29) is 30.7 Å². The van der Waals surface area contributed by atoms with Crippen LogP contribution in [0.1, 0.15) is 19.8 Å². The first kappa shape index (κ1) is 9.68. The number of rotatable bonds is 0. The zero-order valence-electron chi connectivity index (χ0n) is 8.05. The van der Waals surface area contributed by atoms with Crippen molar-refractivity contribution in [2.45, 2.75) is 44.2 Å². The molecule has 1 N–H and O–H groups in total. The predicted octanol–water partition coefficient (Wildman–Crippen LogP) is 0.396. The van der Waals surface area contributed by atoms with E-state index in [2.05, 4.69) is 0 Å². The lowest BCUT2D eigenvalue weighted by atomic mass is 10.1. The number of aliphatic hydroxyl groups excluding tert-OH is 1. The molecule has 0 aromatic carbocycles. The largest absolute Gasteiger partial charge is 0.460 e. The molecule has 4 heteroatoms. The Morgan fingerprint density at radius 3 is 3.07 bits per heavy atom. The quantitative estimate of drug-likeness (QED) is 0.347. The molecule has 78 valence electrons. The maximum absolute atomic E-state index is 11.2. The first-order chi connectivity index (χ1) is 6.66. The lowest BCUT2D eigenvalue weighted by Crippen LogP contribution is -2.23. The summed E-state index contributed by atoms with van der Waals surface area (Å²) < 4.78 is 10.4. The number of carbonyl (C=O) groups excluding carboxylic acids is 1. The number of esters is 1. The summed E-state index contributed by atoms with van der Waals surface area (Å²) in [5.41, 5.74) is 0. The molecule has 0 aromatic rings. The minimum atomic E-state index is -0.569. The molecule has 0 aromatic heterocycles. The number of aliphatic hydroxyl groups is 1. The lowest BCUT2D eigenvalue weighted by Gasteiger charge is -2.12. The summed E-state index contributed by atoms with van der Waals surface area (Å²) in [7, 11) is 0. The Morgan fingerprint density at radius 1 is 1.50 bits per heavy atom. The van der Waals surface area contributed by atoms with Crippen LogP contribution in [-0.4, -0.2) is 35.5 Å². The molecule has 0 saturated carbocycles. The summed E-state index contributed by atoms with van der Waals surface area (Å²) in [4.78, 5) is 11.2. The van der Waals surface area contributed by atoms with Crippen LogP contribution in [0.25, 0.3) is 0 Å². The standard InChI is InChI=1S/C10H14O4/c1-6-10-8(14-10)4-2-7(11)3-5-9(12)13-6/h2,4,6-8,10-11H,3,5H2,1H3/b4-2+/t6-,7-,8-,10+/m1/s1. The van der Waals surface area contributed by atoms with E-state index in [0.717, 1.165) is 0 Å². The van der Waals surface area contributed by atoms with Crippen LogP contribution in [0.4, 0.5) is 0 Å². The van der Waals surface area contributed by atoms with E-state index in [1.54, 1.807) is 6.08 Å². The van der Waals surface area contributed by atoms with Gasteiger partial charge in [0.25, 0.3) is 0 Å². The van der Waals surface area contributed by atoms with Crippen LogP contribution in [0, 0.1) is 0 Å². The number of epoxide rings is 1. The second-order valence-corrected chi connectivity index (χ2v) is 3.75. The van der Waals surface area contributed by atoms with E-state index in [4.69, 9.17) is 9.47 Å². The molecule has 4 nitrogen and oxygen atoms in total. The summed E-state index contributed by atoms with van der Waals surface area (Å²) >= 11 is 0. The molecule has 0 unspecified atom stereocenters. The smallest absolute Gasteiger partial charge is 0.306 e. The summed E-state index contributed by atoms with van der Waals surface area (Å²) in [6, 6.07) is 0. The van der Waals surface area contributed by atoms with Gasteiger partial charge in [-0.25, -0.2) is 0 Å². The molecule has 2 rings (SSSR count). The zero-order chi connectivity index (χ0) is 10.1. The van der Waals surface area contributed by atoms with Crippen LogP contribution in [0.15, 0.2) is 12.2 Å². The molecule has 2 aliphatic heterocycles. The van der Waals surface area contributed by atoms with Gasteiger partial charge in [-0.1, -0.05) is 12.2 Å². The van der Waals surface area contributed by atoms with E-state index >= 15 is 0 Å². The molecule has 2 heterocycles. The van der Waals surface area contributed by atoms with Crippen molar-refractivity contribution in [3.63, 3.8) is 0 Å². The Bertz CT molecular complexity index is 261. The third-order valence-electron chi connectivity index (χ3n) is 2.51. The number of carbonyl (C=O) groups is 1. The molecule has 14 heavy (non-hydrogen) atoms. The molecule has 4 atom stereocenters. The van der Waals surface area contributed by atoms with Gasteiger partial charge in [0.05, 0.1) is 6.10 Å². The van der Waals surface area contributed by atoms with Gasteiger partial charge >= 0.3 is 5.97 Å². The van der Waals surface area contributed by atoms with Gasteiger partial charge in [0.2, 0.25) is 0 Å². The topological polar surface area (TPSA) is 59.1 Å². The van der Waals surface area contributed by atoms with E-state index in [1.807, 2.05) is 13.0 Å². The Labute approximate surface area is 82.5 Å². The summed E-state index contributed by atoms with van der Waals surface area (Å²) in [6.45, 7) is 1.83. The lowest BCUT2D eigenvalue weighted by molar-refractivity contribution is -0.149. The van der Waals surface area contributed by atoms with Gasteiger partial charge in [-0.05, 0) is 13.3 Å². The van der Waals surface area contributed by atoms with Crippen LogP contribution in [0.2, 0.25) is 0 Å². The molecule has 0 amide bonds. The van der Waals surface area contributed by atoms with Gasteiger partial charge in [-0.2, -0.15) is 0 Å². The molecular weight excluding hydrogens is 184 g/mol. The van der Waals surface area contributed by atoms with E-state index < -0.39 is 6.10 Å². The third-order valence-corrected chi connectivity index (χ3v) is 2.51. The van der Waals surface area contributed by atoms with Crippen LogP contribution >= 0.6 is 0 Å². The van der Waals surface area contributed by atoms with Crippen LogP contribution < -0.4 is 0 Å². The van der Waals surface area contributed by atoms with Crippen molar-refractivity contribution in [3.05, 3.63) is 12.2 Å². The average Bonchev–Trinajstić information content (AvgIpc) is 2.89. The molecule has 2 aliphatic rings. The number of cyclic esters (lactones) is 1.